The zero-order valence-corrected chi connectivity index (χ0v) is 12.6. The van der Waals surface area contributed by atoms with Gasteiger partial charge in [0.2, 0.25) is 0 Å². The minimum Gasteiger partial charge on any atom is -0.457 e. The Hall–Kier alpha value is -1.80. The smallest absolute Gasteiger partial charge is 0.127 e. The first-order chi connectivity index (χ1) is 10.3. The summed E-state index contributed by atoms with van der Waals surface area (Å²) in [5.41, 5.74) is 1.28. The van der Waals surface area contributed by atoms with Gasteiger partial charge in [-0.3, -0.25) is 0 Å². The molecule has 0 amide bonds. The molecule has 1 aliphatic carbocycles. The van der Waals surface area contributed by atoms with E-state index in [1.807, 2.05) is 36.4 Å². The number of benzene rings is 2. The molecule has 0 aromatic heterocycles. The van der Waals surface area contributed by atoms with Crippen molar-refractivity contribution < 1.29 is 4.74 Å². The second kappa shape index (κ2) is 6.77. The van der Waals surface area contributed by atoms with Crippen molar-refractivity contribution in [1.82, 2.24) is 5.32 Å². The standard InChI is InChI=1S/C19H23NO/c1-15-7-5-12-19(15)20-14-16-8-6-11-18(13-16)21-17-9-3-2-4-10-17/h2-4,6,8-11,13,15,19-20H,5,7,12,14H2,1H3. The maximum absolute atomic E-state index is 5.88. The van der Waals surface area contributed by atoms with Crippen LogP contribution in [0.15, 0.2) is 54.6 Å². The molecule has 0 aliphatic heterocycles. The van der Waals surface area contributed by atoms with Crippen molar-refractivity contribution >= 4 is 0 Å². The minimum absolute atomic E-state index is 0.670. The third-order valence-electron chi connectivity index (χ3n) is 4.31. The zero-order valence-electron chi connectivity index (χ0n) is 12.6. The molecule has 1 N–H and O–H groups in total. The van der Waals surface area contributed by atoms with Crippen LogP contribution >= 0.6 is 0 Å². The average molecular weight is 281 g/mol. The Labute approximate surface area is 127 Å². The summed E-state index contributed by atoms with van der Waals surface area (Å²) in [6.45, 7) is 3.26. The molecular weight excluding hydrogens is 258 g/mol. The van der Waals surface area contributed by atoms with Gasteiger partial charge in [0.05, 0.1) is 0 Å². The van der Waals surface area contributed by atoms with Crippen molar-refractivity contribution in [2.45, 2.75) is 38.8 Å². The Bertz CT molecular complexity index is 567. The molecule has 2 atom stereocenters. The zero-order chi connectivity index (χ0) is 14.5. The molecule has 1 saturated carbocycles. The molecule has 0 spiro atoms. The molecule has 0 saturated heterocycles. The lowest BCUT2D eigenvalue weighted by Gasteiger charge is -2.17. The largest absolute Gasteiger partial charge is 0.457 e. The summed E-state index contributed by atoms with van der Waals surface area (Å²) in [4.78, 5) is 0. The van der Waals surface area contributed by atoms with E-state index in [-0.39, 0.29) is 0 Å². The van der Waals surface area contributed by atoms with E-state index in [1.54, 1.807) is 0 Å². The fourth-order valence-corrected chi connectivity index (χ4v) is 3.04. The van der Waals surface area contributed by atoms with E-state index in [2.05, 4.69) is 30.4 Å². The number of ether oxygens (including phenoxy) is 1. The maximum Gasteiger partial charge on any atom is 0.127 e. The molecule has 2 aromatic carbocycles. The van der Waals surface area contributed by atoms with E-state index in [1.165, 1.54) is 24.8 Å². The molecule has 1 aliphatic rings. The summed E-state index contributed by atoms with van der Waals surface area (Å²) < 4.78 is 5.88. The molecule has 2 heteroatoms. The Balaban J connectivity index is 1.60. The van der Waals surface area contributed by atoms with E-state index in [9.17, 15) is 0 Å². The van der Waals surface area contributed by atoms with Crippen LogP contribution in [0, 0.1) is 5.92 Å². The van der Waals surface area contributed by atoms with Gasteiger partial charge in [0.25, 0.3) is 0 Å². The van der Waals surface area contributed by atoms with Crippen LogP contribution in [0.3, 0.4) is 0 Å². The lowest BCUT2D eigenvalue weighted by atomic mass is 10.1. The van der Waals surface area contributed by atoms with Gasteiger partial charge in [-0.05, 0) is 48.6 Å². The van der Waals surface area contributed by atoms with Gasteiger partial charge in [-0.1, -0.05) is 43.7 Å². The van der Waals surface area contributed by atoms with E-state index in [0.29, 0.717) is 6.04 Å². The molecule has 21 heavy (non-hydrogen) atoms. The Kier molecular flexibility index (Phi) is 4.56. The van der Waals surface area contributed by atoms with Gasteiger partial charge >= 0.3 is 0 Å². The van der Waals surface area contributed by atoms with Crippen LogP contribution in [0.2, 0.25) is 0 Å². The highest BCUT2D eigenvalue weighted by Gasteiger charge is 2.22. The molecular formula is C19H23NO. The van der Waals surface area contributed by atoms with Gasteiger partial charge in [0, 0.05) is 12.6 Å². The first kappa shape index (κ1) is 14.2. The molecule has 110 valence electrons. The van der Waals surface area contributed by atoms with E-state index < -0.39 is 0 Å². The van der Waals surface area contributed by atoms with Gasteiger partial charge < -0.3 is 10.1 Å². The van der Waals surface area contributed by atoms with Gasteiger partial charge in [-0.25, -0.2) is 0 Å². The summed E-state index contributed by atoms with van der Waals surface area (Å²) in [6.07, 6.45) is 4.02. The molecule has 2 unspecified atom stereocenters. The number of hydrogen-bond donors (Lipinski definition) is 1. The third-order valence-corrected chi connectivity index (χ3v) is 4.31. The SMILES string of the molecule is CC1CCCC1NCc1cccc(Oc2ccccc2)c1. The monoisotopic (exact) mass is 281 g/mol. The highest BCUT2D eigenvalue weighted by Crippen LogP contribution is 2.26. The summed E-state index contributed by atoms with van der Waals surface area (Å²) in [5.74, 6) is 2.58. The predicted molar refractivity (Wildman–Crippen MR) is 86.6 cm³/mol. The maximum atomic E-state index is 5.88. The number of nitrogens with one attached hydrogen (secondary N) is 1. The van der Waals surface area contributed by atoms with Crippen molar-refractivity contribution in [1.29, 1.82) is 0 Å². The van der Waals surface area contributed by atoms with Gasteiger partial charge in [0.1, 0.15) is 11.5 Å². The number of hydrogen-bond acceptors (Lipinski definition) is 2. The van der Waals surface area contributed by atoms with Crippen molar-refractivity contribution in [3.8, 4) is 11.5 Å². The lowest BCUT2D eigenvalue weighted by Crippen LogP contribution is -2.30. The third kappa shape index (κ3) is 3.85. The quantitative estimate of drug-likeness (QED) is 0.853. The van der Waals surface area contributed by atoms with E-state index >= 15 is 0 Å². The van der Waals surface area contributed by atoms with Crippen molar-refractivity contribution in [3.05, 3.63) is 60.2 Å². The average Bonchev–Trinajstić information content (AvgIpc) is 2.92. The number of para-hydroxylation sites is 1. The van der Waals surface area contributed by atoms with Crippen LogP contribution in [0.1, 0.15) is 31.7 Å². The first-order valence-corrected chi connectivity index (χ1v) is 7.86. The highest BCUT2D eigenvalue weighted by molar-refractivity contribution is 5.33. The minimum atomic E-state index is 0.670. The molecule has 2 aromatic rings. The second-order valence-corrected chi connectivity index (χ2v) is 5.96. The van der Waals surface area contributed by atoms with Crippen LogP contribution in [-0.2, 0) is 6.54 Å². The van der Waals surface area contributed by atoms with Gasteiger partial charge in [-0.15, -0.1) is 0 Å². The van der Waals surface area contributed by atoms with Crippen LogP contribution in [-0.4, -0.2) is 6.04 Å². The fourth-order valence-electron chi connectivity index (χ4n) is 3.04. The van der Waals surface area contributed by atoms with Gasteiger partial charge in [0.15, 0.2) is 0 Å². The molecule has 0 heterocycles. The van der Waals surface area contributed by atoms with Crippen LogP contribution in [0.25, 0.3) is 0 Å². The van der Waals surface area contributed by atoms with Crippen LogP contribution in [0.5, 0.6) is 11.5 Å². The molecule has 0 radical (unpaired) electrons. The molecule has 3 rings (SSSR count). The van der Waals surface area contributed by atoms with Crippen molar-refractivity contribution in [3.63, 3.8) is 0 Å². The molecule has 0 bridgehead atoms. The van der Waals surface area contributed by atoms with Crippen molar-refractivity contribution in [2.75, 3.05) is 0 Å². The van der Waals surface area contributed by atoms with Gasteiger partial charge in [-0.2, -0.15) is 0 Å². The lowest BCUT2D eigenvalue weighted by molar-refractivity contribution is 0.425. The second-order valence-electron chi connectivity index (χ2n) is 5.96. The Morgan fingerprint density at radius 3 is 2.57 bits per heavy atom. The van der Waals surface area contributed by atoms with E-state index in [0.717, 1.165) is 24.0 Å². The predicted octanol–water partition coefficient (Wildman–Crippen LogP) is 4.76. The summed E-state index contributed by atoms with van der Waals surface area (Å²) in [6, 6.07) is 19.0. The highest BCUT2D eigenvalue weighted by atomic mass is 16.5. The fraction of sp³-hybridized carbons (Fsp3) is 0.368. The summed E-state index contributed by atoms with van der Waals surface area (Å²) in [5, 5.41) is 3.68. The topological polar surface area (TPSA) is 21.3 Å². The summed E-state index contributed by atoms with van der Waals surface area (Å²) in [7, 11) is 0. The Morgan fingerprint density at radius 2 is 1.81 bits per heavy atom. The van der Waals surface area contributed by atoms with Crippen molar-refractivity contribution in [2.24, 2.45) is 5.92 Å². The molecule has 2 nitrogen and oxygen atoms in total. The van der Waals surface area contributed by atoms with E-state index in [4.69, 9.17) is 4.74 Å². The first-order valence-electron chi connectivity index (χ1n) is 7.86. The summed E-state index contributed by atoms with van der Waals surface area (Å²) >= 11 is 0. The van der Waals surface area contributed by atoms with Crippen LogP contribution < -0.4 is 10.1 Å². The number of rotatable bonds is 5. The Morgan fingerprint density at radius 1 is 1.00 bits per heavy atom. The van der Waals surface area contributed by atoms with Crippen LogP contribution in [0.4, 0.5) is 0 Å². The molecule has 1 fully saturated rings. The normalized spacial score (nSPS) is 21.4.